The molecule has 1 aliphatic heterocycles. The van der Waals surface area contributed by atoms with Crippen molar-refractivity contribution in [2.45, 2.75) is 31.9 Å². The van der Waals surface area contributed by atoms with E-state index in [0.29, 0.717) is 6.01 Å². The molecule has 4 rings (SSSR count). The Labute approximate surface area is 129 Å². The standard InChI is InChI=1S/C18H18N2O2/c1-18(2)11-14(12-7-3-5-9-15(12)22-18)20-17-19-13-8-4-6-10-16(13)21-17/h3-10,14H,11H2,1-2H3,(H,19,20). The Kier molecular flexibility index (Phi) is 2.86. The molecule has 0 radical (unpaired) electrons. The molecule has 1 N–H and O–H groups in total. The first-order valence-electron chi connectivity index (χ1n) is 7.51. The molecule has 0 fully saturated rings. The van der Waals surface area contributed by atoms with E-state index in [0.717, 1.165) is 28.8 Å². The molecule has 0 aliphatic carbocycles. The Balaban J connectivity index is 1.69. The van der Waals surface area contributed by atoms with Crippen molar-refractivity contribution >= 4 is 17.1 Å². The van der Waals surface area contributed by atoms with Crippen LogP contribution in [0.15, 0.2) is 52.9 Å². The van der Waals surface area contributed by atoms with Gasteiger partial charge < -0.3 is 14.5 Å². The molecule has 2 heterocycles. The number of oxazole rings is 1. The Hall–Kier alpha value is -2.49. The summed E-state index contributed by atoms with van der Waals surface area (Å²) in [7, 11) is 0. The number of hydrogen-bond donors (Lipinski definition) is 1. The minimum Gasteiger partial charge on any atom is -0.487 e. The zero-order chi connectivity index (χ0) is 15.2. The van der Waals surface area contributed by atoms with Gasteiger partial charge in [-0.25, -0.2) is 0 Å². The fraction of sp³-hybridized carbons (Fsp3) is 0.278. The highest BCUT2D eigenvalue weighted by molar-refractivity contribution is 5.74. The van der Waals surface area contributed by atoms with Crippen LogP contribution in [0, 0.1) is 0 Å². The summed E-state index contributed by atoms with van der Waals surface area (Å²) in [5.74, 6) is 0.923. The number of para-hydroxylation sites is 3. The van der Waals surface area contributed by atoms with E-state index in [9.17, 15) is 0 Å². The zero-order valence-corrected chi connectivity index (χ0v) is 12.7. The number of aromatic nitrogens is 1. The highest BCUT2D eigenvalue weighted by atomic mass is 16.5. The van der Waals surface area contributed by atoms with Gasteiger partial charge in [0, 0.05) is 12.0 Å². The van der Waals surface area contributed by atoms with E-state index >= 15 is 0 Å². The highest BCUT2D eigenvalue weighted by Crippen LogP contribution is 2.41. The third kappa shape index (κ3) is 2.30. The first-order chi connectivity index (χ1) is 10.6. The SMILES string of the molecule is CC1(C)CC(Nc2nc3ccccc3o2)c2ccccc2O1. The second kappa shape index (κ2) is 4.77. The highest BCUT2D eigenvalue weighted by Gasteiger charge is 2.34. The van der Waals surface area contributed by atoms with Crippen LogP contribution in [-0.4, -0.2) is 10.6 Å². The fourth-order valence-electron chi connectivity index (χ4n) is 3.01. The van der Waals surface area contributed by atoms with E-state index in [2.05, 4.69) is 30.2 Å². The third-order valence-corrected chi connectivity index (χ3v) is 3.97. The molecule has 112 valence electrons. The lowest BCUT2D eigenvalue weighted by Gasteiger charge is -2.37. The van der Waals surface area contributed by atoms with Crippen LogP contribution in [0.25, 0.3) is 11.1 Å². The molecule has 0 bridgehead atoms. The third-order valence-electron chi connectivity index (χ3n) is 3.97. The molecule has 1 atom stereocenters. The van der Waals surface area contributed by atoms with Crippen LogP contribution >= 0.6 is 0 Å². The molecule has 0 saturated carbocycles. The summed E-state index contributed by atoms with van der Waals surface area (Å²) in [4.78, 5) is 4.51. The molecular formula is C18H18N2O2. The van der Waals surface area contributed by atoms with E-state index in [-0.39, 0.29) is 11.6 Å². The van der Waals surface area contributed by atoms with Gasteiger partial charge in [-0.05, 0) is 32.0 Å². The van der Waals surface area contributed by atoms with Gasteiger partial charge in [-0.1, -0.05) is 30.3 Å². The first kappa shape index (κ1) is 13.2. The van der Waals surface area contributed by atoms with Crippen molar-refractivity contribution in [1.82, 2.24) is 4.98 Å². The van der Waals surface area contributed by atoms with Gasteiger partial charge >= 0.3 is 0 Å². The largest absolute Gasteiger partial charge is 0.487 e. The molecule has 1 aliphatic rings. The van der Waals surface area contributed by atoms with E-state index in [1.165, 1.54) is 0 Å². The lowest BCUT2D eigenvalue weighted by molar-refractivity contribution is 0.0756. The smallest absolute Gasteiger partial charge is 0.296 e. The summed E-state index contributed by atoms with van der Waals surface area (Å²) < 4.78 is 11.8. The Morgan fingerprint density at radius 1 is 1.09 bits per heavy atom. The van der Waals surface area contributed by atoms with Crippen molar-refractivity contribution in [1.29, 1.82) is 0 Å². The minimum absolute atomic E-state index is 0.119. The predicted molar refractivity (Wildman–Crippen MR) is 86.1 cm³/mol. The number of ether oxygens (including phenoxy) is 1. The van der Waals surface area contributed by atoms with Gasteiger partial charge in [-0.3, -0.25) is 0 Å². The molecule has 0 spiro atoms. The number of hydrogen-bond acceptors (Lipinski definition) is 4. The summed E-state index contributed by atoms with van der Waals surface area (Å²) >= 11 is 0. The number of fused-ring (bicyclic) bond motifs is 2. The van der Waals surface area contributed by atoms with Crippen LogP contribution < -0.4 is 10.1 Å². The fourth-order valence-corrected chi connectivity index (χ4v) is 3.01. The molecule has 0 amide bonds. The van der Waals surface area contributed by atoms with Crippen LogP contribution in [0.4, 0.5) is 6.01 Å². The lowest BCUT2D eigenvalue weighted by atomic mass is 9.90. The van der Waals surface area contributed by atoms with Gasteiger partial charge in [0.05, 0.1) is 6.04 Å². The van der Waals surface area contributed by atoms with Crippen molar-refractivity contribution in [2.75, 3.05) is 5.32 Å². The van der Waals surface area contributed by atoms with Crippen molar-refractivity contribution in [3.05, 3.63) is 54.1 Å². The monoisotopic (exact) mass is 294 g/mol. The Morgan fingerprint density at radius 2 is 1.86 bits per heavy atom. The molecular weight excluding hydrogens is 276 g/mol. The molecule has 3 aromatic rings. The summed E-state index contributed by atoms with van der Waals surface area (Å²) in [6.07, 6.45) is 0.850. The lowest BCUT2D eigenvalue weighted by Crippen LogP contribution is -2.37. The number of anilines is 1. The number of benzene rings is 2. The number of nitrogens with zero attached hydrogens (tertiary/aromatic N) is 1. The van der Waals surface area contributed by atoms with E-state index < -0.39 is 0 Å². The minimum atomic E-state index is -0.224. The number of nitrogens with one attached hydrogen (secondary N) is 1. The zero-order valence-electron chi connectivity index (χ0n) is 12.7. The molecule has 1 aromatic heterocycles. The van der Waals surface area contributed by atoms with Crippen molar-refractivity contribution in [3.8, 4) is 5.75 Å². The summed E-state index contributed by atoms with van der Waals surface area (Å²) in [6, 6.07) is 16.6. The van der Waals surface area contributed by atoms with Gasteiger partial charge in [0.1, 0.15) is 16.9 Å². The normalized spacial score (nSPS) is 19.5. The molecule has 2 aromatic carbocycles. The van der Waals surface area contributed by atoms with Gasteiger partial charge in [-0.2, -0.15) is 4.98 Å². The quantitative estimate of drug-likeness (QED) is 0.753. The van der Waals surface area contributed by atoms with Crippen LogP contribution in [0.1, 0.15) is 31.9 Å². The Bertz CT molecular complexity index is 790. The van der Waals surface area contributed by atoms with E-state index in [1.807, 2.05) is 42.5 Å². The van der Waals surface area contributed by atoms with Gasteiger partial charge in [0.25, 0.3) is 6.01 Å². The van der Waals surface area contributed by atoms with Crippen LogP contribution in [0.3, 0.4) is 0 Å². The first-order valence-corrected chi connectivity index (χ1v) is 7.51. The second-order valence-electron chi connectivity index (χ2n) is 6.29. The average Bonchev–Trinajstić information content (AvgIpc) is 2.88. The average molecular weight is 294 g/mol. The number of rotatable bonds is 2. The van der Waals surface area contributed by atoms with E-state index in [1.54, 1.807) is 0 Å². The molecule has 4 nitrogen and oxygen atoms in total. The topological polar surface area (TPSA) is 47.3 Å². The predicted octanol–water partition coefficient (Wildman–Crippen LogP) is 4.54. The van der Waals surface area contributed by atoms with Crippen LogP contribution in [-0.2, 0) is 0 Å². The van der Waals surface area contributed by atoms with Crippen molar-refractivity contribution in [3.63, 3.8) is 0 Å². The molecule has 0 saturated heterocycles. The van der Waals surface area contributed by atoms with Crippen molar-refractivity contribution in [2.24, 2.45) is 0 Å². The summed E-state index contributed by atoms with van der Waals surface area (Å²) in [6.45, 7) is 4.20. The maximum atomic E-state index is 6.06. The maximum absolute atomic E-state index is 6.06. The Morgan fingerprint density at radius 3 is 2.73 bits per heavy atom. The maximum Gasteiger partial charge on any atom is 0.296 e. The second-order valence-corrected chi connectivity index (χ2v) is 6.29. The summed E-state index contributed by atoms with van der Waals surface area (Å²) in [5, 5.41) is 3.42. The molecule has 22 heavy (non-hydrogen) atoms. The summed E-state index contributed by atoms with van der Waals surface area (Å²) in [5.41, 5.74) is 2.58. The van der Waals surface area contributed by atoms with E-state index in [4.69, 9.17) is 9.15 Å². The molecule has 1 unspecified atom stereocenters. The van der Waals surface area contributed by atoms with Crippen LogP contribution in [0.2, 0.25) is 0 Å². The van der Waals surface area contributed by atoms with Gasteiger partial charge in [0.15, 0.2) is 5.58 Å². The van der Waals surface area contributed by atoms with Crippen LogP contribution in [0.5, 0.6) is 5.75 Å². The van der Waals surface area contributed by atoms with Gasteiger partial charge in [0.2, 0.25) is 0 Å². The van der Waals surface area contributed by atoms with Gasteiger partial charge in [-0.15, -0.1) is 0 Å². The van der Waals surface area contributed by atoms with Crippen molar-refractivity contribution < 1.29 is 9.15 Å². The molecule has 4 heteroatoms.